The minimum absolute atomic E-state index is 0.160. The van der Waals surface area contributed by atoms with Crippen LogP contribution in [0, 0.1) is 0 Å². The molecule has 1 N–H and O–H groups in total. The zero-order valence-corrected chi connectivity index (χ0v) is 20.4. The first-order valence-corrected chi connectivity index (χ1v) is 12.0. The van der Waals surface area contributed by atoms with Crippen LogP contribution in [0.5, 0.6) is 0 Å². The molecule has 35 heavy (non-hydrogen) atoms. The van der Waals surface area contributed by atoms with Crippen molar-refractivity contribution in [3.05, 3.63) is 114 Å². The molecule has 1 aliphatic heterocycles. The molecule has 2 atom stereocenters. The summed E-state index contributed by atoms with van der Waals surface area (Å²) in [5, 5.41) is 4.15. The highest BCUT2D eigenvalue weighted by Gasteiger charge is 2.42. The summed E-state index contributed by atoms with van der Waals surface area (Å²) >= 11 is 5.86. The van der Waals surface area contributed by atoms with Crippen molar-refractivity contribution in [3.63, 3.8) is 0 Å². The van der Waals surface area contributed by atoms with E-state index in [4.69, 9.17) is 17.0 Å². The molecular formula is C28H26N4O2S. The monoisotopic (exact) mass is 482 g/mol. The second-order valence-corrected chi connectivity index (χ2v) is 8.75. The fourth-order valence-electron chi connectivity index (χ4n) is 4.60. The molecule has 3 heterocycles. The normalized spacial score (nSPS) is 17.3. The van der Waals surface area contributed by atoms with Gasteiger partial charge in [-0.3, -0.25) is 4.98 Å². The zero-order valence-electron chi connectivity index (χ0n) is 19.6. The number of thiocarbonyl (C=S) groups is 1. The van der Waals surface area contributed by atoms with Gasteiger partial charge in [0, 0.05) is 29.5 Å². The molecule has 0 radical (unpaired) electrons. The Morgan fingerprint density at radius 3 is 2.57 bits per heavy atom. The van der Waals surface area contributed by atoms with Crippen molar-refractivity contribution in [1.29, 1.82) is 0 Å². The number of hydrogen-bond acceptors (Lipinski definition) is 4. The van der Waals surface area contributed by atoms with Crippen LogP contribution in [0.1, 0.15) is 46.3 Å². The molecule has 6 nitrogen and oxygen atoms in total. The topological polar surface area (TPSA) is 59.4 Å². The SMILES string of the molecule is CCc1ccc(N2C(=S)N[C@H](c3ccccn3)[C@@H]2c2cccn2-c2cccc(C(=O)OC)c2)cc1. The lowest BCUT2D eigenvalue weighted by molar-refractivity contribution is 0.0600. The van der Waals surface area contributed by atoms with Crippen molar-refractivity contribution in [2.75, 3.05) is 12.0 Å². The molecule has 176 valence electrons. The lowest BCUT2D eigenvalue weighted by atomic mass is 10.0. The van der Waals surface area contributed by atoms with Gasteiger partial charge in [-0.25, -0.2) is 4.79 Å². The highest BCUT2D eigenvalue weighted by Crippen LogP contribution is 2.42. The molecule has 0 bridgehead atoms. The maximum Gasteiger partial charge on any atom is 0.337 e. The average Bonchev–Trinajstić information content (AvgIpc) is 3.53. The average molecular weight is 483 g/mol. The molecule has 4 aromatic rings. The van der Waals surface area contributed by atoms with Crippen LogP contribution < -0.4 is 10.2 Å². The van der Waals surface area contributed by atoms with Gasteiger partial charge in [0.1, 0.15) is 6.04 Å². The number of methoxy groups -OCH3 is 1. The maximum absolute atomic E-state index is 12.2. The Morgan fingerprint density at radius 1 is 1.03 bits per heavy atom. The predicted octanol–water partition coefficient (Wildman–Crippen LogP) is 5.40. The van der Waals surface area contributed by atoms with Gasteiger partial charge in [0.25, 0.3) is 0 Å². The Labute approximate surface area is 210 Å². The van der Waals surface area contributed by atoms with Gasteiger partial charge in [-0.05, 0) is 78.8 Å². The van der Waals surface area contributed by atoms with E-state index in [1.54, 1.807) is 12.3 Å². The van der Waals surface area contributed by atoms with Crippen LogP contribution in [0.15, 0.2) is 91.3 Å². The molecule has 2 aromatic heterocycles. The molecule has 0 saturated carbocycles. The summed E-state index contributed by atoms with van der Waals surface area (Å²) in [6, 6.07) is 25.6. The first-order valence-electron chi connectivity index (χ1n) is 11.6. The van der Waals surface area contributed by atoms with E-state index in [9.17, 15) is 4.79 Å². The Balaban J connectivity index is 1.64. The van der Waals surface area contributed by atoms with Crippen LogP contribution in [-0.2, 0) is 11.2 Å². The number of nitrogens with one attached hydrogen (secondary N) is 1. The van der Waals surface area contributed by atoms with Crippen LogP contribution in [0.2, 0.25) is 0 Å². The number of hydrogen-bond donors (Lipinski definition) is 1. The first kappa shape index (κ1) is 22.8. The summed E-state index contributed by atoms with van der Waals surface area (Å²) < 4.78 is 7.02. The largest absolute Gasteiger partial charge is 0.465 e. The molecule has 0 amide bonds. The van der Waals surface area contributed by atoms with Crippen LogP contribution in [0.4, 0.5) is 5.69 Å². The number of carbonyl (C=O) groups excluding carboxylic acids is 1. The van der Waals surface area contributed by atoms with Crippen molar-refractivity contribution in [2.24, 2.45) is 0 Å². The van der Waals surface area contributed by atoms with E-state index in [2.05, 4.69) is 57.0 Å². The van der Waals surface area contributed by atoms with Crippen LogP contribution in [-0.4, -0.2) is 27.7 Å². The van der Waals surface area contributed by atoms with Gasteiger partial charge in [-0.1, -0.05) is 31.2 Å². The minimum Gasteiger partial charge on any atom is -0.465 e. The number of aryl methyl sites for hydroxylation is 1. The second kappa shape index (κ2) is 9.72. The van der Waals surface area contributed by atoms with Crippen molar-refractivity contribution >= 4 is 29.0 Å². The number of rotatable bonds is 6. The van der Waals surface area contributed by atoms with Gasteiger partial charge in [-0.2, -0.15) is 0 Å². The summed E-state index contributed by atoms with van der Waals surface area (Å²) in [5.41, 5.74) is 5.58. The van der Waals surface area contributed by atoms with E-state index >= 15 is 0 Å². The first-order chi connectivity index (χ1) is 17.1. The molecule has 7 heteroatoms. The van der Waals surface area contributed by atoms with Crippen molar-refractivity contribution in [3.8, 4) is 5.69 Å². The van der Waals surface area contributed by atoms with Gasteiger partial charge in [0.05, 0.1) is 24.4 Å². The highest BCUT2D eigenvalue weighted by molar-refractivity contribution is 7.80. The Kier molecular flexibility index (Phi) is 6.33. The fourth-order valence-corrected chi connectivity index (χ4v) is 4.94. The second-order valence-electron chi connectivity index (χ2n) is 8.36. The third kappa shape index (κ3) is 4.31. The van der Waals surface area contributed by atoms with Gasteiger partial charge in [0.2, 0.25) is 0 Å². The summed E-state index contributed by atoms with van der Waals surface area (Å²) in [6.07, 6.45) is 4.78. The standard InChI is InChI=1S/C28H26N4O2S/c1-3-19-12-14-21(15-13-19)32-26(25(30-28(32)35)23-10-4-5-16-29-23)24-11-7-17-31(24)22-9-6-8-20(18-22)27(33)34-2/h4-18,25-26H,3H2,1-2H3,(H,30,35)/t25-,26+/m1/s1. The van der Waals surface area contributed by atoms with Gasteiger partial charge in [-0.15, -0.1) is 0 Å². The number of nitrogens with zero attached hydrogens (tertiary/aromatic N) is 3. The third-order valence-corrected chi connectivity index (χ3v) is 6.66. The van der Waals surface area contributed by atoms with E-state index in [0.717, 1.165) is 29.2 Å². The summed E-state index contributed by atoms with van der Waals surface area (Å²) in [4.78, 5) is 19.0. The summed E-state index contributed by atoms with van der Waals surface area (Å²) in [7, 11) is 1.39. The molecule has 1 aliphatic rings. The molecule has 1 fully saturated rings. The van der Waals surface area contributed by atoms with Crippen molar-refractivity contribution in [2.45, 2.75) is 25.4 Å². The lowest BCUT2D eigenvalue weighted by Crippen LogP contribution is -2.30. The smallest absolute Gasteiger partial charge is 0.337 e. The Morgan fingerprint density at radius 2 is 1.86 bits per heavy atom. The molecule has 0 spiro atoms. The highest BCUT2D eigenvalue weighted by atomic mass is 32.1. The fraction of sp³-hybridized carbons (Fsp3) is 0.179. The van der Waals surface area contributed by atoms with Gasteiger partial charge >= 0.3 is 5.97 Å². The number of pyridine rings is 1. The quantitative estimate of drug-likeness (QED) is 0.293. The van der Waals surface area contributed by atoms with Crippen molar-refractivity contribution < 1.29 is 9.53 Å². The number of esters is 1. The molecule has 1 saturated heterocycles. The van der Waals surface area contributed by atoms with E-state index in [-0.39, 0.29) is 18.1 Å². The van der Waals surface area contributed by atoms with Gasteiger partial charge < -0.3 is 19.5 Å². The maximum atomic E-state index is 12.2. The molecule has 2 aromatic carbocycles. The number of anilines is 1. The number of carbonyl (C=O) groups is 1. The Hall–Kier alpha value is -3.97. The molecule has 0 aliphatic carbocycles. The van der Waals surface area contributed by atoms with Gasteiger partial charge in [0.15, 0.2) is 5.11 Å². The lowest BCUT2D eigenvalue weighted by Gasteiger charge is -2.29. The van der Waals surface area contributed by atoms with Crippen LogP contribution in [0.25, 0.3) is 5.69 Å². The van der Waals surface area contributed by atoms with Crippen LogP contribution >= 0.6 is 12.2 Å². The van der Waals surface area contributed by atoms with Crippen molar-refractivity contribution in [1.82, 2.24) is 14.9 Å². The number of ether oxygens (including phenoxy) is 1. The molecule has 0 unspecified atom stereocenters. The Bertz CT molecular complexity index is 1350. The van der Waals surface area contributed by atoms with E-state index in [0.29, 0.717) is 10.7 Å². The summed E-state index contributed by atoms with van der Waals surface area (Å²) in [5.74, 6) is -0.367. The minimum atomic E-state index is -0.367. The summed E-state index contributed by atoms with van der Waals surface area (Å²) in [6.45, 7) is 2.15. The number of aromatic nitrogens is 2. The third-order valence-electron chi connectivity index (χ3n) is 6.35. The van der Waals surface area contributed by atoms with E-state index in [1.807, 2.05) is 48.7 Å². The molecule has 5 rings (SSSR count). The predicted molar refractivity (Wildman–Crippen MR) is 141 cm³/mol. The van der Waals surface area contributed by atoms with E-state index in [1.165, 1.54) is 12.7 Å². The zero-order chi connectivity index (χ0) is 24.4. The van der Waals surface area contributed by atoms with Crippen LogP contribution in [0.3, 0.4) is 0 Å². The van der Waals surface area contributed by atoms with E-state index < -0.39 is 0 Å². The molecular weight excluding hydrogens is 456 g/mol. The number of benzene rings is 2.